The molecule has 0 aliphatic carbocycles. The van der Waals surface area contributed by atoms with E-state index in [0.717, 1.165) is 0 Å². The molecule has 0 rings (SSSR count). The summed E-state index contributed by atoms with van der Waals surface area (Å²) in [5.74, 6) is 0.244. The van der Waals surface area contributed by atoms with Crippen LogP contribution in [0.15, 0.2) is 0 Å². The molecule has 0 aromatic rings. The van der Waals surface area contributed by atoms with E-state index in [1.807, 2.05) is 19.9 Å². The normalized spacial score (nSPS) is 16.0. The van der Waals surface area contributed by atoms with E-state index >= 15 is 0 Å². The molecule has 0 amide bonds. The summed E-state index contributed by atoms with van der Waals surface area (Å²) in [6.45, 7) is 6.16. The fourth-order valence-corrected chi connectivity index (χ4v) is 0.579. The standard InChI is InChI=1S/C8H16N2O/c1-6(2)8(11)5-10-7(3)4-9/h6-8,10-11H,5H2,1-3H3. The average molecular weight is 156 g/mol. The molecule has 0 heterocycles. The summed E-state index contributed by atoms with van der Waals surface area (Å²) in [4.78, 5) is 0. The Labute approximate surface area is 68.0 Å². The van der Waals surface area contributed by atoms with Gasteiger partial charge in [-0.15, -0.1) is 0 Å². The molecular formula is C8H16N2O. The molecule has 3 nitrogen and oxygen atoms in total. The molecule has 0 radical (unpaired) electrons. The van der Waals surface area contributed by atoms with Crippen molar-refractivity contribution in [3.05, 3.63) is 0 Å². The van der Waals surface area contributed by atoms with Crippen LogP contribution in [0.5, 0.6) is 0 Å². The van der Waals surface area contributed by atoms with Gasteiger partial charge in [-0.3, -0.25) is 5.32 Å². The first-order valence-corrected chi connectivity index (χ1v) is 3.89. The number of aliphatic hydroxyl groups excluding tert-OH is 1. The zero-order chi connectivity index (χ0) is 8.85. The van der Waals surface area contributed by atoms with Crippen molar-refractivity contribution in [2.75, 3.05) is 6.54 Å². The van der Waals surface area contributed by atoms with Crippen molar-refractivity contribution in [2.24, 2.45) is 5.92 Å². The van der Waals surface area contributed by atoms with Crippen molar-refractivity contribution in [3.8, 4) is 6.07 Å². The van der Waals surface area contributed by atoms with Crippen LogP contribution in [0, 0.1) is 17.2 Å². The van der Waals surface area contributed by atoms with Crippen molar-refractivity contribution >= 4 is 0 Å². The van der Waals surface area contributed by atoms with Gasteiger partial charge in [0, 0.05) is 6.54 Å². The molecule has 2 unspecified atom stereocenters. The van der Waals surface area contributed by atoms with Crippen LogP contribution in [-0.4, -0.2) is 23.8 Å². The summed E-state index contributed by atoms with van der Waals surface area (Å²) in [5, 5.41) is 20.6. The highest BCUT2D eigenvalue weighted by molar-refractivity contribution is 4.85. The van der Waals surface area contributed by atoms with E-state index in [-0.39, 0.29) is 18.1 Å². The Morgan fingerprint density at radius 3 is 2.36 bits per heavy atom. The molecule has 0 aliphatic rings. The van der Waals surface area contributed by atoms with E-state index in [1.165, 1.54) is 0 Å². The molecule has 3 heteroatoms. The number of rotatable bonds is 4. The maximum absolute atomic E-state index is 9.30. The average Bonchev–Trinajstić information content (AvgIpc) is 1.99. The lowest BCUT2D eigenvalue weighted by atomic mass is 10.1. The molecular weight excluding hydrogens is 140 g/mol. The quantitative estimate of drug-likeness (QED) is 0.623. The second-order valence-electron chi connectivity index (χ2n) is 3.07. The van der Waals surface area contributed by atoms with Crippen LogP contribution in [0.2, 0.25) is 0 Å². The van der Waals surface area contributed by atoms with Crippen LogP contribution in [0.25, 0.3) is 0 Å². The maximum atomic E-state index is 9.30. The number of nitrogens with zero attached hydrogens (tertiary/aromatic N) is 1. The summed E-state index contributed by atoms with van der Waals surface area (Å²) in [7, 11) is 0. The van der Waals surface area contributed by atoms with Crippen molar-refractivity contribution < 1.29 is 5.11 Å². The van der Waals surface area contributed by atoms with Gasteiger partial charge >= 0.3 is 0 Å². The largest absolute Gasteiger partial charge is 0.392 e. The third-order valence-corrected chi connectivity index (χ3v) is 1.60. The zero-order valence-corrected chi connectivity index (χ0v) is 7.33. The highest BCUT2D eigenvalue weighted by Gasteiger charge is 2.09. The van der Waals surface area contributed by atoms with E-state index in [4.69, 9.17) is 5.26 Å². The van der Waals surface area contributed by atoms with Gasteiger partial charge < -0.3 is 5.11 Å². The molecule has 0 aromatic carbocycles. The van der Waals surface area contributed by atoms with Gasteiger partial charge in [-0.05, 0) is 12.8 Å². The number of hydrogen-bond acceptors (Lipinski definition) is 3. The molecule has 2 atom stereocenters. The van der Waals surface area contributed by atoms with Crippen LogP contribution >= 0.6 is 0 Å². The Bertz CT molecular complexity index is 140. The van der Waals surface area contributed by atoms with Gasteiger partial charge in [0.1, 0.15) is 0 Å². The van der Waals surface area contributed by atoms with Crippen LogP contribution in [-0.2, 0) is 0 Å². The molecule has 0 saturated heterocycles. The predicted molar refractivity (Wildman–Crippen MR) is 43.9 cm³/mol. The summed E-state index contributed by atoms with van der Waals surface area (Å²) in [6, 6.07) is 1.86. The first-order valence-electron chi connectivity index (χ1n) is 3.89. The molecule has 0 fully saturated rings. The molecule has 11 heavy (non-hydrogen) atoms. The molecule has 0 aliphatic heterocycles. The molecule has 0 bridgehead atoms. The Morgan fingerprint density at radius 2 is 2.00 bits per heavy atom. The van der Waals surface area contributed by atoms with Crippen molar-refractivity contribution in [2.45, 2.75) is 32.9 Å². The third-order valence-electron chi connectivity index (χ3n) is 1.60. The Kier molecular flexibility index (Phi) is 4.84. The smallest absolute Gasteiger partial charge is 0.0925 e. The van der Waals surface area contributed by atoms with E-state index < -0.39 is 0 Å². The molecule has 0 saturated carbocycles. The van der Waals surface area contributed by atoms with Gasteiger partial charge in [0.2, 0.25) is 0 Å². The van der Waals surface area contributed by atoms with E-state index in [9.17, 15) is 5.11 Å². The van der Waals surface area contributed by atoms with Gasteiger partial charge in [-0.25, -0.2) is 0 Å². The molecule has 0 aromatic heterocycles. The first kappa shape index (κ1) is 10.4. The van der Waals surface area contributed by atoms with Gasteiger partial charge in [0.05, 0.1) is 18.2 Å². The monoisotopic (exact) mass is 156 g/mol. The second-order valence-corrected chi connectivity index (χ2v) is 3.07. The second kappa shape index (κ2) is 5.11. The minimum atomic E-state index is -0.356. The topological polar surface area (TPSA) is 56.0 Å². The first-order chi connectivity index (χ1) is 5.07. The molecule has 64 valence electrons. The zero-order valence-electron chi connectivity index (χ0n) is 7.33. The maximum Gasteiger partial charge on any atom is 0.0925 e. The lowest BCUT2D eigenvalue weighted by Crippen LogP contribution is -2.35. The van der Waals surface area contributed by atoms with Crippen molar-refractivity contribution in [1.29, 1.82) is 5.26 Å². The number of nitriles is 1. The van der Waals surface area contributed by atoms with Gasteiger partial charge in [-0.1, -0.05) is 13.8 Å². The highest BCUT2D eigenvalue weighted by Crippen LogP contribution is 1.98. The van der Waals surface area contributed by atoms with Crippen LogP contribution in [0.1, 0.15) is 20.8 Å². The SMILES string of the molecule is CC(C#N)NCC(O)C(C)C. The summed E-state index contributed by atoms with van der Waals surface area (Å²) >= 11 is 0. The number of aliphatic hydroxyl groups is 1. The minimum Gasteiger partial charge on any atom is -0.392 e. The van der Waals surface area contributed by atoms with Crippen LogP contribution in [0.4, 0.5) is 0 Å². The van der Waals surface area contributed by atoms with Gasteiger partial charge in [0.25, 0.3) is 0 Å². The Hall–Kier alpha value is -0.590. The Balaban J connectivity index is 3.47. The highest BCUT2D eigenvalue weighted by atomic mass is 16.3. The van der Waals surface area contributed by atoms with Crippen LogP contribution < -0.4 is 5.32 Å². The fraction of sp³-hybridized carbons (Fsp3) is 0.875. The summed E-state index contributed by atoms with van der Waals surface area (Å²) in [5.41, 5.74) is 0. The van der Waals surface area contributed by atoms with Crippen molar-refractivity contribution in [3.63, 3.8) is 0 Å². The predicted octanol–water partition coefficient (Wildman–Crippen LogP) is 0.505. The molecule has 0 spiro atoms. The van der Waals surface area contributed by atoms with E-state index in [1.54, 1.807) is 6.92 Å². The summed E-state index contributed by atoms with van der Waals surface area (Å²) < 4.78 is 0. The minimum absolute atomic E-state index is 0.177. The Morgan fingerprint density at radius 1 is 1.45 bits per heavy atom. The lowest BCUT2D eigenvalue weighted by molar-refractivity contribution is 0.122. The third kappa shape index (κ3) is 4.77. The van der Waals surface area contributed by atoms with Gasteiger partial charge in [-0.2, -0.15) is 5.26 Å². The van der Waals surface area contributed by atoms with E-state index in [2.05, 4.69) is 5.32 Å². The lowest BCUT2D eigenvalue weighted by Gasteiger charge is -2.15. The molecule has 2 N–H and O–H groups in total. The van der Waals surface area contributed by atoms with Gasteiger partial charge in [0.15, 0.2) is 0 Å². The van der Waals surface area contributed by atoms with E-state index in [0.29, 0.717) is 6.54 Å². The number of hydrogen-bond donors (Lipinski definition) is 2. The number of nitrogens with one attached hydrogen (secondary N) is 1. The summed E-state index contributed by atoms with van der Waals surface area (Å²) in [6.07, 6.45) is -0.356. The fourth-order valence-electron chi connectivity index (χ4n) is 0.579. The van der Waals surface area contributed by atoms with Crippen molar-refractivity contribution in [1.82, 2.24) is 5.32 Å². The van der Waals surface area contributed by atoms with Crippen LogP contribution in [0.3, 0.4) is 0 Å².